The first-order valence-corrected chi connectivity index (χ1v) is 8.22. The Morgan fingerprint density at radius 3 is 3.00 bits per heavy atom. The van der Waals surface area contributed by atoms with Gasteiger partial charge in [0.25, 0.3) is 5.91 Å². The van der Waals surface area contributed by atoms with E-state index in [1.807, 2.05) is 16.8 Å². The summed E-state index contributed by atoms with van der Waals surface area (Å²) in [6.45, 7) is 1.81. The lowest BCUT2D eigenvalue weighted by Crippen LogP contribution is -2.39. The van der Waals surface area contributed by atoms with Gasteiger partial charge in [-0.1, -0.05) is 0 Å². The number of fused-ring (bicyclic) bond motifs is 2. The minimum Gasteiger partial charge on any atom is -0.375 e. The number of ether oxygens (including phenoxy) is 1. The van der Waals surface area contributed by atoms with Crippen molar-refractivity contribution in [2.75, 3.05) is 13.2 Å². The summed E-state index contributed by atoms with van der Waals surface area (Å²) in [5, 5.41) is 3.93. The molecule has 0 aromatic carbocycles. The van der Waals surface area contributed by atoms with Crippen LogP contribution in [-0.4, -0.2) is 36.1 Å². The highest BCUT2D eigenvalue weighted by Gasteiger charge is 2.49. The smallest absolute Gasteiger partial charge is 0.255 e. The van der Waals surface area contributed by atoms with Gasteiger partial charge in [0.15, 0.2) is 0 Å². The van der Waals surface area contributed by atoms with Crippen molar-refractivity contribution in [3.63, 3.8) is 0 Å². The minimum absolute atomic E-state index is 0.202. The standard InChI is InChI=1S/C15H19NO2S/c17-15(12-5-6-19-9-12)16-7-11-3-4-13(16)14(11)18-8-10-1-2-10/h5-6,9-11,13-14H,1-4,7-8H2/t11-,13+,14-/m1/s1. The summed E-state index contributed by atoms with van der Waals surface area (Å²) in [4.78, 5) is 14.5. The first kappa shape index (κ1) is 11.9. The summed E-state index contributed by atoms with van der Waals surface area (Å²) < 4.78 is 6.12. The molecule has 0 N–H and O–H groups in total. The van der Waals surface area contributed by atoms with Crippen LogP contribution >= 0.6 is 11.3 Å². The van der Waals surface area contributed by atoms with Crippen molar-refractivity contribution in [2.45, 2.75) is 37.8 Å². The van der Waals surface area contributed by atoms with E-state index < -0.39 is 0 Å². The molecule has 1 aromatic rings. The molecule has 3 aliphatic rings. The van der Waals surface area contributed by atoms with Gasteiger partial charge in [-0.2, -0.15) is 11.3 Å². The second-order valence-corrected chi connectivity index (χ2v) is 6.90. The van der Waals surface area contributed by atoms with Crippen molar-refractivity contribution in [3.8, 4) is 0 Å². The van der Waals surface area contributed by atoms with Crippen molar-refractivity contribution in [2.24, 2.45) is 11.8 Å². The quantitative estimate of drug-likeness (QED) is 0.847. The minimum atomic E-state index is 0.202. The molecule has 19 heavy (non-hydrogen) atoms. The van der Waals surface area contributed by atoms with Crippen LogP contribution in [0.3, 0.4) is 0 Å². The fourth-order valence-corrected chi connectivity index (χ4v) is 4.14. The number of carbonyl (C=O) groups excluding carboxylic acids is 1. The monoisotopic (exact) mass is 277 g/mol. The molecule has 0 spiro atoms. The van der Waals surface area contributed by atoms with Gasteiger partial charge >= 0.3 is 0 Å². The molecule has 2 saturated carbocycles. The maximum absolute atomic E-state index is 12.5. The number of likely N-dealkylation sites (tertiary alicyclic amines) is 1. The van der Waals surface area contributed by atoms with Crippen molar-refractivity contribution >= 4 is 17.2 Å². The maximum Gasteiger partial charge on any atom is 0.255 e. The average Bonchev–Trinajstić information content (AvgIpc) is 2.89. The van der Waals surface area contributed by atoms with E-state index >= 15 is 0 Å². The molecule has 4 rings (SSSR count). The largest absolute Gasteiger partial charge is 0.375 e. The number of amides is 1. The van der Waals surface area contributed by atoms with Gasteiger partial charge in [0.05, 0.1) is 17.7 Å². The summed E-state index contributed by atoms with van der Waals surface area (Å²) in [5.74, 6) is 1.58. The van der Waals surface area contributed by atoms with Crippen molar-refractivity contribution in [1.82, 2.24) is 4.90 Å². The van der Waals surface area contributed by atoms with Crippen LogP contribution in [0.4, 0.5) is 0 Å². The first-order chi connectivity index (χ1) is 9.33. The Morgan fingerprint density at radius 2 is 2.26 bits per heavy atom. The topological polar surface area (TPSA) is 29.5 Å². The molecule has 2 bridgehead atoms. The molecule has 4 heteroatoms. The van der Waals surface area contributed by atoms with Gasteiger partial charge in [0.1, 0.15) is 0 Å². The summed E-state index contributed by atoms with van der Waals surface area (Å²) >= 11 is 1.59. The highest BCUT2D eigenvalue weighted by atomic mass is 32.1. The van der Waals surface area contributed by atoms with Crippen LogP contribution in [0.25, 0.3) is 0 Å². The second-order valence-electron chi connectivity index (χ2n) is 6.12. The Bertz CT molecular complexity index is 468. The van der Waals surface area contributed by atoms with Crippen molar-refractivity contribution in [3.05, 3.63) is 22.4 Å². The van der Waals surface area contributed by atoms with Gasteiger partial charge in [-0.15, -0.1) is 0 Å². The van der Waals surface area contributed by atoms with E-state index in [-0.39, 0.29) is 5.91 Å². The second kappa shape index (κ2) is 4.60. The normalized spacial score (nSPS) is 33.1. The molecule has 2 aliphatic carbocycles. The number of thiophene rings is 1. The first-order valence-electron chi connectivity index (χ1n) is 7.27. The number of carbonyl (C=O) groups is 1. The Kier molecular flexibility index (Phi) is 2.88. The Morgan fingerprint density at radius 1 is 1.37 bits per heavy atom. The van der Waals surface area contributed by atoms with Crippen LogP contribution in [0.1, 0.15) is 36.0 Å². The Hall–Kier alpha value is -0.870. The highest BCUT2D eigenvalue weighted by molar-refractivity contribution is 7.08. The summed E-state index contributed by atoms with van der Waals surface area (Å²) in [7, 11) is 0. The molecule has 1 aliphatic heterocycles. The van der Waals surface area contributed by atoms with E-state index in [2.05, 4.69) is 4.90 Å². The van der Waals surface area contributed by atoms with Gasteiger partial charge in [0.2, 0.25) is 0 Å². The zero-order chi connectivity index (χ0) is 12.8. The van der Waals surface area contributed by atoms with Gasteiger partial charge in [0, 0.05) is 24.4 Å². The molecule has 1 aromatic heterocycles. The molecule has 3 nitrogen and oxygen atoms in total. The van der Waals surface area contributed by atoms with Crippen LogP contribution in [0.5, 0.6) is 0 Å². The molecule has 102 valence electrons. The molecular weight excluding hydrogens is 258 g/mol. The van der Waals surface area contributed by atoms with Crippen molar-refractivity contribution in [1.29, 1.82) is 0 Å². The maximum atomic E-state index is 12.5. The third kappa shape index (κ3) is 2.11. The Balaban J connectivity index is 1.45. The van der Waals surface area contributed by atoms with E-state index in [0.29, 0.717) is 18.1 Å². The molecule has 0 radical (unpaired) electrons. The van der Waals surface area contributed by atoms with E-state index in [0.717, 1.165) is 31.1 Å². The van der Waals surface area contributed by atoms with Gasteiger partial charge in [-0.05, 0) is 43.0 Å². The van der Waals surface area contributed by atoms with Crippen LogP contribution in [0.2, 0.25) is 0 Å². The predicted molar refractivity (Wildman–Crippen MR) is 74.3 cm³/mol. The van der Waals surface area contributed by atoms with E-state index in [1.54, 1.807) is 11.3 Å². The number of nitrogens with zero attached hydrogens (tertiary/aromatic N) is 1. The van der Waals surface area contributed by atoms with Crippen LogP contribution in [-0.2, 0) is 4.74 Å². The van der Waals surface area contributed by atoms with Crippen LogP contribution in [0, 0.1) is 11.8 Å². The average molecular weight is 277 g/mol. The van der Waals surface area contributed by atoms with Gasteiger partial charge < -0.3 is 9.64 Å². The fraction of sp³-hybridized carbons (Fsp3) is 0.667. The van der Waals surface area contributed by atoms with E-state index in [1.165, 1.54) is 19.3 Å². The number of piperidine rings is 1. The highest BCUT2D eigenvalue weighted by Crippen LogP contribution is 2.41. The van der Waals surface area contributed by atoms with E-state index in [4.69, 9.17) is 4.74 Å². The summed E-state index contributed by atoms with van der Waals surface area (Å²) in [6.07, 6.45) is 5.32. The molecule has 0 unspecified atom stereocenters. The number of hydrogen-bond donors (Lipinski definition) is 0. The van der Waals surface area contributed by atoms with Crippen molar-refractivity contribution < 1.29 is 9.53 Å². The number of rotatable bonds is 4. The number of hydrogen-bond acceptors (Lipinski definition) is 3. The Labute approximate surface area is 117 Å². The lowest BCUT2D eigenvalue weighted by Gasteiger charge is -2.27. The van der Waals surface area contributed by atoms with E-state index in [9.17, 15) is 4.79 Å². The third-order valence-corrected chi connectivity index (χ3v) is 5.44. The van der Waals surface area contributed by atoms with Crippen LogP contribution < -0.4 is 0 Å². The molecule has 2 heterocycles. The zero-order valence-electron chi connectivity index (χ0n) is 11.0. The SMILES string of the molecule is O=C(c1ccsc1)N1C[C@H]2CC[C@H]1[C@@H]2OCC1CC1. The van der Waals surface area contributed by atoms with Gasteiger partial charge in [-0.25, -0.2) is 0 Å². The predicted octanol–water partition coefficient (Wildman–Crippen LogP) is 2.78. The lowest BCUT2D eigenvalue weighted by atomic mass is 10.1. The molecule has 3 fully saturated rings. The summed E-state index contributed by atoms with van der Waals surface area (Å²) in [6, 6.07) is 2.26. The molecule has 1 amide bonds. The lowest BCUT2D eigenvalue weighted by molar-refractivity contribution is 0.0208. The zero-order valence-corrected chi connectivity index (χ0v) is 11.8. The molecule has 1 saturated heterocycles. The van der Waals surface area contributed by atoms with Crippen LogP contribution in [0.15, 0.2) is 16.8 Å². The van der Waals surface area contributed by atoms with Gasteiger partial charge in [-0.3, -0.25) is 4.79 Å². The molecular formula is C15H19NO2S. The molecule has 3 atom stereocenters. The third-order valence-electron chi connectivity index (χ3n) is 4.76. The fourth-order valence-electron chi connectivity index (χ4n) is 3.51. The summed E-state index contributed by atoms with van der Waals surface area (Å²) in [5.41, 5.74) is 0.846.